The van der Waals surface area contributed by atoms with Crippen LogP contribution in [0.25, 0.3) is 10.9 Å². The first kappa shape index (κ1) is 17.1. The molecule has 1 aromatic heterocycles. The number of rotatable bonds is 3. The second kappa shape index (κ2) is 5.72. The van der Waals surface area contributed by atoms with Gasteiger partial charge < -0.3 is 9.30 Å². The number of hydrogen-bond donors (Lipinski definition) is 0. The number of halogens is 3. The highest BCUT2D eigenvalue weighted by atomic mass is 19.4. The topological polar surface area (TPSA) is 48.3 Å². The van der Waals surface area contributed by atoms with Gasteiger partial charge in [0.15, 0.2) is 0 Å². The van der Waals surface area contributed by atoms with E-state index in [-0.39, 0.29) is 11.9 Å². The fourth-order valence-corrected chi connectivity index (χ4v) is 2.22. The quantitative estimate of drug-likeness (QED) is 0.637. The minimum atomic E-state index is -4.97. The van der Waals surface area contributed by atoms with E-state index in [1.165, 1.54) is 16.7 Å². The molecule has 0 aliphatic rings. The Hall–Kier alpha value is -2.31. The molecule has 0 aliphatic carbocycles. The molecular weight excluding hydrogens is 311 g/mol. The van der Waals surface area contributed by atoms with Gasteiger partial charge in [-0.15, -0.1) is 0 Å². The molecule has 0 unspecified atom stereocenters. The van der Waals surface area contributed by atoms with Gasteiger partial charge in [0.25, 0.3) is 5.78 Å². The largest absolute Gasteiger partial charge is 0.459 e. The van der Waals surface area contributed by atoms with Gasteiger partial charge >= 0.3 is 12.1 Å². The molecule has 0 radical (unpaired) electrons. The van der Waals surface area contributed by atoms with E-state index in [1.807, 2.05) is 0 Å². The van der Waals surface area contributed by atoms with E-state index in [2.05, 4.69) is 0 Å². The lowest BCUT2D eigenvalue weighted by atomic mass is 10.1. The average Bonchev–Trinajstić information content (AvgIpc) is 2.73. The van der Waals surface area contributed by atoms with E-state index in [0.717, 1.165) is 6.20 Å². The number of alkyl halides is 3. The van der Waals surface area contributed by atoms with Crippen molar-refractivity contribution in [3.8, 4) is 0 Å². The molecule has 0 saturated carbocycles. The van der Waals surface area contributed by atoms with Crippen molar-refractivity contribution in [1.82, 2.24) is 4.57 Å². The Kier molecular flexibility index (Phi) is 4.24. The van der Waals surface area contributed by atoms with Gasteiger partial charge in [-0.25, -0.2) is 0 Å². The molecule has 0 aliphatic heterocycles. The number of carbonyl (C=O) groups excluding carboxylic acids is 2. The molecular formula is C16H16F3NO3. The van der Waals surface area contributed by atoms with Crippen molar-refractivity contribution in [1.29, 1.82) is 0 Å². The molecule has 7 heteroatoms. The van der Waals surface area contributed by atoms with Gasteiger partial charge in [0.2, 0.25) is 0 Å². The first-order chi connectivity index (χ1) is 10.5. The van der Waals surface area contributed by atoms with E-state index in [0.29, 0.717) is 5.52 Å². The van der Waals surface area contributed by atoms with Crippen LogP contribution in [0.4, 0.5) is 13.2 Å². The molecule has 2 aromatic rings. The van der Waals surface area contributed by atoms with Gasteiger partial charge in [0, 0.05) is 17.1 Å². The second-order valence-electron chi connectivity index (χ2n) is 6.10. The molecule has 23 heavy (non-hydrogen) atoms. The molecule has 0 atom stereocenters. The number of nitrogens with zero attached hydrogens (tertiary/aromatic N) is 1. The van der Waals surface area contributed by atoms with Crippen molar-refractivity contribution in [2.24, 2.45) is 0 Å². The number of Topliss-reactive ketones (excluding diaryl/α,β-unsaturated/α-hetero) is 1. The van der Waals surface area contributed by atoms with Gasteiger partial charge in [0.05, 0.1) is 5.56 Å². The van der Waals surface area contributed by atoms with Crippen LogP contribution in [0, 0.1) is 0 Å². The second-order valence-corrected chi connectivity index (χ2v) is 6.10. The zero-order valence-corrected chi connectivity index (χ0v) is 12.9. The Labute approximate surface area is 130 Å². The first-order valence-electron chi connectivity index (χ1n) is 6.90. The Bertz CT molecular complexity index is 754. The third kappa shape index (κ3) is 3.91. The van der Waals surface area contributed by atoms with E-state index >= 15 is 0 Å². The van der Waals surface area contributed by atoms with E-state index in [1.54, 1.807) is 32.9 Å². The molecule has 0 amide bonds. The van der Waals surface area contributed by atoms with Gasteiger partial charge in [0.1, 0.15) is 12.1 Å². The monoisotopic (exact) mass is 327 g/mol. The van der Waals surface area contributed by atoms with Crippen LogP contribution >= 0.6 is 0 Å². The summed E-state index contributed by atoms with van der Waals surface area (Å²) in [5.41, 5.74) is -0.812. The highest BCUT2D eigenvalue weighted by molar-refractivity contribution is 6.10. The number of carbonyl (C=O) groups is 2. The summed E-state index contributed by atoms with van der Waals surface area (Å²) < 4.78 is 44.6. The Morgan fingerprint density at radius 3 is 2.30 bits per heavy atom. The van der Waals surface area contributed by atoms with Crippen LogP contribution in [0.2, 0.25) is 0 Å². The third-order valence-electron chi connectivity index (χ3n) is 3.01. The number of hydrogen-bond acceptors (Lipinski definition) is 3. The number of aromatic nitrogens is 1. The maximum atomic E-state index is 12.7. The van der Waals surface area contributed by atoms with Gasteiger partial charge in [-0.3, -0.25) is 9.59 Å². The van der Waals surface area contributed by atoms with Crippen LogP contribution in [0.1, 0.15) is 31.1 Å². The molecule has 2 rings (SSSR count). The standard InChI is InChI=1S/C16H16F3NO3/c1-15(2,3)23-13(21)9-20-8-11(14(22)16(17,18)19)10-6-4-5-7-12(10)20/h4-8H,9H2,1-3H3. The zero-order valence-electron chi connectivity index (χ0n) is 12.9. The summed E-state index contributed by atoms with van der Waals surface area (Å²) in [5, 5.41) is 0.151. The van der Waals surface area contributed by atoms with E-state index < -0.39 is 29.1 Å². The lowest BCUT2D eigenvalue weighted by Crippen LogP contribution is -2.26. The molecule has 4 nitrogen and oxygen atoms in total. The summed E-state index contributed by atoms with van der Waals surface area (Å²) in [7, 11) is 0. The van der Waals surface area contributed by atoms with Crippen molar-refractivity contribution in [2.75, 3.05) is 0 Å². The summed E-state index contributed by atoms with van der Waals surface area (Å²) in [4.78, 5) is 23.5. The predicted octanol–water partition coefficient (Wildman–Crippen LogP) is 3.73. The lowest BCUT2D eigenvalue weighted by molar-refractivity contribution is -0.155. The minimum absolute atomic E-state index is 0.151. The maximum Gasteiger partial charge on any atom is 0.454 e. The summed E-state index contributed by atoms with van der Waals surface area (Å²) in [5.74, 6) is -2.53. The van der Waals surface area contributed by atoms with E-state index in [4.69, 9.17) is 4.74 Å². The van der Waals surface area contributed by atoms with Crippen molar-refractivity contribution in [2.45, 2.75) is 39.1 Å². The van der Waals surface area contributed by atoms with Crippen molar-refractivity contribution in [3.63, 3.8) is 0 Å². The molecule has 0 saturated heterocycles. The molecule has 1 heterocycles. The van der Waals surface area contributed by atoms with Crippen molar-refractivity contribution in [3.05, 3.63) is 36.0 Å². The smallest absolute Gasteiger partial charge is 0.454 e. The maximum absolute atomic E-state index is 12.7. The lowest BCUT2D eigenvalue weighted by Gasteiger charge is -2.19. The van der Waals surface area contributed by atoms with Crippen LogP contribution in [-0.2, 0) is 16.1 Å². The number of fused-ring (bicyclic) bond motifs is 1. The fraction of sp³-hybridized carbons (Fsp3) is 0.375. The summed E-state index contributed by atoms with van der Waals surface area (Å²) in [6.45, 7) is 4.80. The van der Waals surface area contributed by atoms with Crippen LogP contribution in [0.5, 0.6) is 0 Å². The summed E-state index contributed by atoms with van der Waals surface area (Å²) in [6.07, 6.45) is -3.93. The van der Waals surface area contributed by atoms with Crippen molar-refractivity contribution >= 4 is 22.7 Å². The van der Waals surface area contributed by atoms with Crippen LogP contribution in [0.3, 0.4) is 0 Å². The van der Waals surface area contributed by atoms with E-state index in [9.17, 15) is 22.8 Å². The number of ether oxygens (including phenoxy) is 1. The highest BCUT2D eigenvalue weighted by Gasteiger charge is 2.40. The van der Waals surface area contributed by atoms with Gasteiger partial charge in [-0.05, 0) is 26.8 Å². The number of esters is 1. The van der Waals surface area contributed by atoms with Crippen molar-refractivity contribution < 1.29 is 27.5 Å². The van der Waals surface area contributed by atoms with Crippen LogP contribution in [-0.4, -0.2) is 28.1 Å². The summed E-state index contributed by atoms with van der Waals surface area (Å²) in [6, 6.07) is 6.12. The molecule has 0 N–H and O–H groups in total. The number of benzene rings is 1. The minimum Gasteiger partial charge on any atom is -0.459 e. The molecule has 124 valence electrons. The highest BCUT2D eigenvalue weighted by Crippen LogP contribution is 2.28. The Morgan fingerprint density at radius 2 is 1.74 bits per heavy atom. The molecule has 0 spiro atoms. The van der Waals surface area contributed by atoms with Crippen LogP contribution < -0.4 is 0 Å². The molecule has 0 bridgehead atoms. The zero-order chi connectivity index (χ0) is 17.4. The molecule has 0 fully saturated rings. The van der Waals surface area contributed by atoms with Crippen LogP contribution in [0.15, 0.2) is 30.5 Å². The SMILES string of the molecule is CC(C)(C)OC(=O)Cn1cc(C(=O)C(F)(F)F)c2ccccc21. The first-order valence-corrected chi connectivity index (χ1v) is 6.90. The Morgan fingerprint density at radius 1 is 1.13 bits per heavy atom. The third-order valence-corrected chi connectivity index (χ3v) is 3.01. The number of ketones is 1. The normalized spacial score (nSPS) is 12.4. The average molecular weight is 327 g/mol. The molecule has 1 aromatic carbocycles. The fourth-order valence-electron chi connectivity index (χ4n) is 2.22. The number of para-hydroxylation sites is 1. The Balaban J connectivity index is 2.42. The van der Waals surface area contributed by atoms with Gasteiger partial charge in [-0.1, -0.05) is 18.2 Å². The predicted molar refractivity (Wildman–Crippen MR) is 78.2 cm³/mol. The summed E-state index contributed by atoms with van der Waals surface area (Å²) >= 11 is 0. The van der Waals surface area contributed by atoms with Gasteiger partial charge in [-0.2, -0.15) is 13.2 Å².